The quantitative estimate of drug-likeness (QED) is 0.660. The van der Waals surface area contributed by atoms with E-state index in [2.05, 4.69) is 29.6 Å². The van der Waals surface area contributed by atoms with Crippen molar-refractivity contribution in [3.05, 3.63) is 59.7 Å². The van der Waals surface area contributed by atoms with Crippen LogP contribution in [0.3, 0.4) is 0 Å². The number of carboxylic acids is 1. The fourth-order valence-electron chi connectivity index (χ4n) is 6.09. The standard InChI is InChI=1S/C28H32N2O5/c1-18-12-15-30(24(16-18)25(31)32)26(33)28(13-6-7-14-28)29-27(34)35-17-23-21-10-4-2-8-19(21)20-9-3-5-11-22(20)23/h2-5,8-11,18,23-24H,6-7,12-17H2,1H3,(H,29,34)(H,31,32). The summed E-state index contributed by atoms with van der Waals surface area (Å²) in [6.45, 7) is 2.58. The van der Waals surface area contributed by atoms with Crippen molar-refractivity contribution in [3.63, 3.8) is 0 Å². The van der Waals surface area contributed by atoms with Crippen molar-refractivity contribution in [1.82, 2.24) is 10.2 Å². The van der Waals surface area contributed by atoms with Gasteiger partial charge in [-0.15, -0.1) is 0 Å². The van der Waals surface area contributed by atoms with Gasteiger partial charge in [-0.2, -0.15) is 0 Å². The third kappa shape index (κ3) is 4.28. The number of aliphatic carboxylic acids is 1. The molecular weight excluding hydrogens is 444 g/mol. The Hall–Kier alpha value is -3.35. The largest absolute Gasteiger partial charge is 0.480 e. The first kappa shape index (κ1) is 23.4. The van der Waals surface area contributed by atoms with Gasteiger partial charge in [-0.1, -0.05) is 68.3 Å². The maximum atomic E-state index is 13.7. The van der Waals surface area contributed by atoms with Gasteiger partial charge in [0.25, 0.3) is 0 Å². The van der Waals surface area contributed by atoms with E-state index in [1.165, 1.54) is 4.90 Å². The molecule has 2 aromatic carbocycles. The van der Waals surface area contributed by atoms with Crippen LogP contribution in [0, 0.1) is 5.92 Å². The maximum Gasteiger partial charge on any atom is 0.408 e. The van der Waals surface area contributed by atoms with Crippen LogP contribution in [0.1, 0.15) is 62.5 Å². The highest BCUT2D eigenvalue weighted by Crippen LogP contribution is 2.44. The summed E-state index contributed by atoms with van der Waals surface area (Å²) in [5.74, 6) is -1.10. The lowest BCUT2D eigenvalue weighted by Gasteiger charge is -2.41. The van der Waals surface area contributed by atoms with Gasteiger partial charge in [0.1, 0.15) is 18.2 Å². The highest BCUT2D eigenvalue weighted by Gasteiger charge is 2.48. The first-order chi connectivity index (χ1) is 16.9. The van der Waals surface area contributed by atoms with Crippen LogP contribution in [0.25, 0.3) is 11.1 Å². The molecule has 1 heterocycles. The van der Waals surface area contributed by atoms with Gasteiger partial charge >= 0.3 is 12.1 Å². The van der Waals surface area contributed by atoms with E-state index in [4.69, 9.17) is 4.74 Å². The number of hydrogen-bond acceptors (Lipinski definition) is 4. The van der Waals surface area contributed by atoms with E-state index in [1.807, 2.05) is 31.2 Å². The molecule has 2 fully saturated rings. The number of ether oxygens (including phenoxy) is 1. The van der Waals surface area contributed by atoms with E-state index in [0.717, 1.165) is 41.5 Å². The summed E-state index contributed by atoms with van der Waals surface area (Å²) in [6, 6.07) is 15.4. The molecule has 5 rings (SSSR count). The number of alkyl carbamates (subject to hydrolysis) is 1. The highest BCUT2D eigenvalue weighted by molar-refractivity contribution is 5.93. The fraction of sp³-hybridized carbons (Fsp3) is 0.464. The summed E-state index contributed by atoms with van der Waals surface area (Å²) in [5, 5.41) is 12.6. The Bertz CT molecular complexity index is 1090. The molecule has 0 aromatic heterocycles. The minimum atomic E-state index is -1.10. The van der Waals surface area contributed by atoms with Crippen LogP contribution in [-0.4, -0.2) is 52.7 Å². The summed E-state index contributed by atoms with van der Waals surface area (Å²) in [7, 11) is 0. The van der Waals surface area contributed by atoms with Crippen molar-refractivity contribution in [1.29, 1.82) is 0 Å². The number of hydrogen-bond donors (Lipinski definition) is 2. The maximum absolute atomic E-state index is 13.7. The van der Waals surface area contributed by atoms with Crippen LogP contribution < -0.4 is 5.32 Å². The van der Waals surface area contributed by atoms with Gasteiger partial charge in [0.2, 0.25) is 5.91 Å². The molecule has 2 aromatic rings. The minimum Gasteiger partial charge on any atom is -0.480 e. The Kier molecular flexibility index (Phi) is 6.26. The Balaban J connectivity index is 1.30. The third-order valence-electron chi connectivity index (χ3n) is 7.96. The van der Waals surface area contributed by atoms with Crippen LogP contribution in [0.15, 0.2) is 48.5 Å². The Morgan fingerprint density at radius 1 is 1.03 bits per heavy atom. The average Bonchev–Trinajstić information content (AvgIpc) is 3.46. The molecule has 7 heteroatoms. The van der Waals surface area contributed by atoms with Crippen molar-refractivity contribution in [3.8, 4) is 11.1 Å². The molecule has 184 valence electrons. The fourth-order valence-corrected chi connectivity index (χ4v) is 6.09. The molecule has 0 radical (unpaired) electrons. The Labute approximate surface area is 205 Å². The van der Waals surface area contributed by atoms with Crippen molar-refractivity contribution in [2.24, 2.45) is 5.92 Å². The van der Waals surface area contributed by atoms with E-state index in [1.54, 1.807) is 0 Å². The molecular formula is C28H32N2O5. The molecule has 2 N–H and O–H groups in total. The lowest BCUT2D eigenvalue weighted by atomic mass is 9.88. The number of nitrogens with zero attached hydrogens (tertiary/aromatic N) is 1. The highest BCUT2D eigenvalue weighted by atomic mass is 16.5. The van der Waals surface area contributed by atoms with Crippen LogP contribution in [0.2, 0.25) is 0 Å². The zero-order chi connectivity index (χ0) is 24.6. The molecule has 7 nitrogen and oxygen atoms in total. The molecule has 2 aliphatic carbocycles. The van der Waals surface area contributed by atoms with Crippen LogP contribution in [0.4, 0.5) is 4.79 Å². The molecule has 2 unspecified atom stereocenters. The van der Waals surface area contributed by atoms with E-state index in [-0.39, 0.29) is 24.3 Å². The van der Waals surface area contributed by atoms with Crippen LogP contribution in [0.5, 0.6) is 0 Å². The number of carbonyl (C=O) groups is 3. The van der Waals surface area contributed by atoms with Gasteiger partial charge in [0, 0.05) is 12.5 Å². The second kappa shape index (κ2) is 9.36. The SMILES string of the molecule is CC1CCN(C(=O)C2(NC(=O)OCC3c4ccccc4-c4ccccc43)CCCC2)C(C(=O)O)C1. The monoisotopic (exact) mass is 476 g/mol. The zero-order valence-electron chi connectivity index (χ0n) is 20.0. The van der Waals surface area contributed by atoms with Gasteiger partial charge in [0.05, 0.1) is 0 Å². The first-order valence-electron chi connectivity index (χ1n) is 12.6. The smallest absolute Gasteiger partial charge is 0.408 e. The predicted molar refractivity (Wildman–Crippen MR) is 131 cm³/mol. The Morgan fingerprint density at radius 3 is 2.23 bits per heavy atom. The van der Waals surface area contributed by atoms with Gasteiger partial charge in [0.15, 0.2) is 0 Å². The second-order valence-electron chi connectivity index (χ2n) is 10.2. The predicted octanol–water partition coefficient (Wildman–Crippen LogP) is 4.55. The van der Waals surface area contributed by atoms with Gasteiger partial charge < -0.3 is 20.1 Å². The number of carbonyl (C=O) groups excluding carboxylic acids is 2. The van der Waals surface area contributed by atoms with Crippen molar-refractivity contribution >= 4 is 18.0 Å². The van der Waals surface area contributed by atoms with Crippen LogP contribution in [-0.2, 0) is 14.3 Å². The van der Waals surface area contributed by atoms with Gasteiger partial charge in [-0.25, -0.2) is 9.59 Å². The molecule has 2 amide bonds. The summed E-state index contributed by atoms with van der Waals surface area (Å²) in [6.07, 6.45) is 3.16. The van der Waals surface area contributed by atoms with Crippen molar-refractivity contribution in [2.45, 2.75) is 62.9 Å². The lowest BCUT2D eigenvalue weighted by Crippen LogP contribution is -2.62. The van der Waals surface area contributed by atoms with E-state index >= 15 is 0 Å². The summed E-state index contributed by atoms with van der Waals surface area (Å²) in [4.78, 5) is 40.0. The topological polar surface area (TPSA) is 95.9 Å². The second-order valence-corrected chi connectivity index (χ2v) is 10.2. The average molecular weight is 477 g/mol. The molecule has 2 atom stereocenters. The van der Waals surface area contributed by atoms with Crippen LogP contribution >= 0.6 is 0 Å². The molecule has 0 bridgehead atoms. The van der Waals surface area contributed by atoms with Crippen molar-refractivity contribution < 1.29 is 24.2 Å². The number of benzene rings is 2. The summed E-state index contributed by atoms with van der Waals surface area (Å²) >= 11 is 0. The first-order valence-corrected chi connectivity index (χ1v) is 12.6. The zero-order valence-corrected chi connectivity index (χ0v) is 20.0. The number of amides is 2. The Morgan fingerprint density at radius 2 is 1.63 bits per heavy atom. The molecule has 1 aliphatic heterocycles. The molecule has 1 saturated carbocycles. The lowest BCUT2D eigenvalue weighted by molar-refractivity contribution is -0.156. The number of carboxylic acid groups (broad SMARTS) is 1. The summed E-state index contributed by atoms with van der Waals surface area (Å²) < 4.78 is 5.72. The number of rotatable bonds is 5. The molecule has 1 saturated heterocycles. The van der Waals surface area contributed by atoms with Gasteiger partial charge in [-0.05, 0) is 53.9 Å². The third-order valence-corrected chi connectivity index (χ3v) is 7.96. The van der Waals surface area contributed by atoms with E-state index < -0.39 is 23.6 Å². The molecule has 35 heavy (non-hydrogen) atoms. The number of piperidine rings is 1. The van der Waals surface area contributed by atoms with Crippen molar-refractivity contribution in [2.75, 3.05) is 13.2 Å². The molecule has 0 spiro atoms. The number of nitrogens with one attached hydrogen (secondary N) is 1. The summed E-state index contributed by atoms with van der Waals surface area (Å²) in [5.41, 5.74) is 3.45. The van der Waals surface area contributed by atoms with Gasteiger partial charge in [-0.3, -0.25) is 4.79 Å². The van der Waals surface area contributed by atoms with E-state index in [0.29, 0.717) is 25.8 Å². The number of fused-ring (bicyclic) bond motifs is 3. The normalized spacial score (nSPS) is 22.8. The number of likely N-dealkylation sites (tertiary alicyclic amines) is 1. The molecule has 3 aliphatic rings. The van der Waals surface area contributed by atoms with E-state index in [9.17, 15) is 19.5 Å². The minimum absolute atomic E-state index is 0.0663.